The minimum Gasteiger partial charge on any atom is -0.392 e. The van der Waals surface area contributed by atoms with E-state index in [1.807, 2.05) is 6.08 Å². The molecule has 2 fully saturated rings. The predicted octanol–water partition coefficient (Wildman–Crippen LogP) is 4.55. The third-order valence-electron chi connectivity index (χ3n) is 7.16. The van der Waals surface area contributed by atoms with E-state index in [2.05, 4.69) is 31.1 Å². The van der Waals surface area contributed by atoms with Crippen molar-refractivity contribution in [3.05, 3.63) is 23.8 Å². The summed E-state index contributed by atoms with van der Waals surface area (Å²) in [5.74, 6) is 2.05. The van der Waals surface area contributed by atoms with Crippen LogP contribution in [0, 0.1) is 23.7 Å². The van der Waals surface area contributed by atoms with E-state index in [0.717, 1.165) is 19.3 Å². The van der Waals surface area contributed by atoms with Gasteiger partial charge in [0.2, 0.25) is 0 Å². The summed E-state index contributed by atoms with van der Waals surface area (Å²) in [5, 5.41) is 20.9. The van der Waals surface area contributed by atoms with Gasteiger partial charge in [-0.25, -0.2) is 0 Å². The summed E-state index contributed by atoms with van der Waals surface area (Å²) in [6.07, 6.45) is 19.4. The van der Waals surface area contributed by atoms with Gasteiger partial charge in [-0.2, -0.15) is 0 Å². The molecule has 5 atom stereocenters. The van der Waals surface area contributed by atoms with Crippen LogP contribution in [0.3, 0.4) is 0 Å². The molecule has 2 N–H and O–H groups in total. The number of unbranched alkanes of at least 4 members (excludes halogenated alkanes) is 2. The lowest BCUT2D eigenvalue weighted by Crippen LogP contribution is -2.18. The molecular formula is C24H41NO2. The van der Waals surface area contributed by atoms with E-state index in [1.165, 1.54) is 57.9 Å². The number of aliphatic hydroxyl groups is 2. The standard InChI is InChI=1S/C24H41NO2/c1-25(2)13-7-3-4-10-19-14-20-17-24(27)22(23(20)16-19)12-11-21(26)15-18-8-5-6-9-18/h11-12,14,18,20-24,26-27H,3-10,13,15-17H2,1-2H3/t20-,21+,22+,23-,24+/m0/s1. The van der Waals surface area contributed by atoms with Crippen molar-refractivity contribution in [2.24, 2.45) is 23.7 Å². The minimum absolute atomic E-state index is 0.229. The average Bonchev–Trinajstić information content (AvgIpc) is 3.30. The number of aliphatic hydroxyl groups excluding tert-OH is 2. The zero-order valence-corrected chi connectivity index (χ0v) is 17.5. The van der Waals surface area contributed by atoms with Crippen LogP contribution in [0.15, 0.2) is 23.8 Å². The van der Waals surface area contributed by atoms with Gasteiger partial charge in [0.05, 0.1) is 12.2 Å². The van der Waals surface area contributed by atoms with Gasteiger partial charge in [0.25, 0.3) is 0 Å². The quantitative estimate of drug-likeness (QED) is 0.435. The first-order chi connectivity index (χ1) is 13.0. The number of allylic oxidation sites excluding steroid dienone is 2. The van der Waals surface area contributed by atoms with E-state index in [0.29, 0.717) is 17.8 Å². The normalized spacial score (nSPS) is 32.6. The molecule has 3 nitrogen and oxygen atoms in total. The van der Waals surface area contributed by atoms with Gasteiger partial charge in [0.15, 0.2) is 0 Å². The van der Waals surface area contributed by atoms with Crippen LogP contribution >= 0.6 is 0 Å². The molecule has 3 heteroatoms. The van der Waals surface area contributed by atoms with Crippen LogP contribution in [0.4, 0.5) is 0 Å². The van der Waals surface area contributed by atoms with Gasteiger partial charge in [-0.1, -0.05) is 55.9 Å². The molecule has 27 heavy (non-hydrogen) atoms. The highest BCUT2D eigenvalue weighted by molar-refractivity contribution is 5.21. The summed E-state index contributed by atoms with van der Waals surface area (Å²) in [6, 6.07) is 0. The minimum atomic E-state index is -0.329. The van der Waals surface area contributed by atoms with E-state index in [9.17, 15) is 10.2 Å². The van der Waals surface area contributed by atoms with Crippen molar-refractivity contribution in [3.8, 4) is 0 Å². The first kappa shape index (κ1) is 21.1. The van der Waals surface area contributed by atoms with E-state index < -0.39 is 0 Å². The smallest absolute Gasteiger partial charge is 0.0723 e. The van der Waals surface area contributed by atoms with Crippen LogP contribution < -0.4 is 0 Å². The van der Waals surface area contributed by atoms with E-state index in [1.54, 1.807) is 5.57 Å². The molecule has 2 saturated carbocycles. The molecule has 0 aromatic heterocycles. The summed E-state index contributed by atoms with van der Waals surface area (Å²) in [5.41, 5.74) is 1.62. The van der Waals surface area contributed by atoms with Crippen LogP contribution in [-0.2, 0) is 0 Å². The number of nitrogens with zero attached hydrogens (tertiary/aromatic N) is 1. The maximum atomic E-state index is 10.5. The summed E-state index contributed by atoms with van der Waals surface area (Å²) >= 11 is 0. The van der Waals surface area contributed by atoms with Gasteiger partial charge >= 0.3 is 0 Å². The third kappa shape index (κ3) is 6.17. The molecule has 3 rings (SSSR count). The molecule has 0 bridgehead atoms. The SMILES string of the molecule is CN(C)CCCCCC1=C[C@H]2C[C@@H](O)[C@H](C=C[C@@H](O)CC3CCCC3)[C@H]2C1. The van der Waals surface area contributed by atoms with Gasteiger partial charge in [-0.3, -0.25) is 0 Å². The number of rotatable bonds is 10. The first-order valence-electron chi connectivity index (χ1n) is 11.4. The van der Waals surface area contributed by atoms with Crippen molar-refractivity contribution < 1.29 is 10.2 Å². The zero-order valence-electron chi connectivity index (χ0n) is 17.5. The monoisotopic (exact) mass is 375 g/mol. The van der Waals surface area contributed by atoms with Crippen molar-refractivity contribution in [2.45, 2.75) is 82.8 Å². The van der Waals surface area contributed by atoms with Crippen molar-refractivity contribution in [2.75, 3.05) is 20.6 Å². The molecule has 0 aromatic rings. The van der Waals surface area contributed by atoms with Crippen molar-refractivity contribution in [1.82, 2.24) is 4.90 Å². The summed E-state index contributed by atoms with van der Waals surface area (Å²) < 4.78 is 0. The second-order valence-corrected chi connectivity index (χ2v) is 9.69. The molecule has 154 valence electrons. The van der Waals surface area contributed by atoms with Crippen LogP contribution in [0.25, 0.3) is 0 Å². The van der Waals surface area contributed by atoms with Crippen molar-refractivity contribution in [1.29, 1.82) is 0 Å². The number of hydrogen-bond donors (Lipinski definition) is 2. The Hall–Kier alpha value is -0.640. The molecule has 0 radical (unpaired) electrons. The molecule has 0 aliphatic heterocycles. The lowest BCUT2D eigenvalue weighted by molar-refractivity contribution is 0.139. The average molecular weight is 376 g/mol. The molecule has 0 spiro atoms. The Morgan fingerprint density at radius 2 is 1.96 bits per heavy atom. The van der Waals surface area contributed by atoms with Crippen LogP contribution in [0.5, 0.6) is 0 Å². The highest BCUT2D eigenvalue weighted by Crippen LogP contribution is 2.48. The maximum absolute atomic E-state index is 10.5. The van der Waals surface area contributed by atoms with Crippen LogP contribution in [-0.4, -0.2) is 48.0 Å². The van der Waals surface area contributed by atoms with Crippen LogP contribution in [0.1, 0.15) is 70.6 Å². The molecule has 0 aromatic carbocycles. The molecule has 0 saturated heterocycles. The second kappa shape index (κ2) is 10.2. The Kier molecular flexibility index (Phi) is 7.98. The third-order valence-corrected chi connectivity index (χ3v) is 7.16. The molecule has 0 unspecified atom stereocenters. The maximum Gasteiger partial charge on any atom is 0.0723 e. The fourth-order valence-corrected chi connectivity index (χ4v) is 5.67. The molecule has 0 amide bonds. The highest BCUT2D eigenvalue weighted by atomic mass is 16.3. The summed E-state index contributed by atoms with van der Waals surface area (Å²) in [6.45, 7) is 1.19. The molecule has 3 aliphatic carbocycles. The van der Waals surface area contributed by atoms with E-state index in [-0.39, 0.29) is 18.1 Å². The summed E-state index contributed by atoms with van der Waals surface area (Å²) in [4.78, 5) is 2.26. The molecular weight excluding hydrogens is 334 g/mol. The Morgan fingerprint density at radius 1 is 1.19 bits per heavy atom. The van der Waals surface area contributed by atoms with Crippen molar-refractivity contribution in [3.63, 3.8) is 0 Å². The fraction of sp³-hybridized carbons (Fsp3) is 0.833. The van der Waals surface area contributed by atoms with Crippen molar-refractivity contribution >= 4 is 0 Å². The van der Waals surface area contributed by atoms with Crippen LogP contribution in [0.2, 0.25) is 0 Å². The van der Waals surface area contributed by atoms with Gasteiger partial charge in [-0.15, -0.1) is 0 Å². The van der Waals surface area contributed by atoms with Gasteiger partial charge in [0.1, 0.15) is 0 Å². The Bertz CT molecular complexity index is 507. The Balaban J connectivity index is 1.42. The predicted molar refractivity (Wildman–Crippen MR) is 113 cm³/mol. The Labute approximate surface area is 166 Å². The topological polar surface area (TPSA) is 43.7 Å². The highest BCUT2D eigenvalue weighted by Gasteiger charge is 2.43. The number of hydrogen-bond acceptors (Lipinski definition) is 3. The number of fused-ring (bicyclic) bond motifs is 1. The largest absolute Gasteiger partial charge is 0.392 e. The van der Waals surface area contributed by atoms with Gasteiger partial charge in [-0.05, 0) is 76.9 Å². The van der Waals surface area contributed by atoms with E-state index >= 15 is 0 Å². The van der Waals surface area contributed by atoms with E-state index in [4.69, 9.17) is 0 Å². The second-order valence-electron chi connectivity index (χ2n) is 9.69. The molecule has 0 heterocycles. The first-order valence-corrected chi connectivity index (χ1v) is 11.4. The van der Waals surface area contributed by atoms with Gasteiger partial charge < -0.3 is 15.1 Å². The lowest BCUT2D eigenvalue weighted by atomic mass is 9.88. The Morgan fingerprint density at radius 3 is 2.70 bits per heavy atom. The molecule has 3 aliphatic rings. The summed E-state index contributed by atoms with van der Waals surface area (Å²) in [7, 11) is 4.29. The zero-order chi connectivity index (χ0) is 19.2. The van der Waals surface area contributed by atoms with Gasteiger partial charge in [0, 0.05) is 5.92 Å². The lowest BCUT2D eigenvalue weighted by Gasteiger charge is -2.19. The fourth-order valence-electron chi connectivity index (χ4n) is 5.67.